The highest BCUT2D eigenvalue weighted by atomic mass is 16.3. The van der Waals surface area contributed by atoms with Crippen molar-refractivity contribution in [3.63, 3.8) is 0 Å². The van der Waals surface area contributed by atoms with Gasteiger partial charge in [-0.05, 0) is 17.8 Å². The average molecular weight is 130 g/mol. The van der Waals surface area contributed by atoms with Gasteiger partial charge in [0.1, 0.15) is 0 Å². The van der Waals surface area contributed by atoms with Crippen molar-refractivity contribution in [3.8, 4) is 0 Å². The van der Waals surface area contributed by atoms with Gasteiger partial charge in [-0.2, -0.15) is 0 Å². The van der Waals surface area contributed by atoms with Gasteiger partial charge in [0.05, 0.1) is 0 Å². The largest absolute Gasteiger partial charge is 0.396 e. The van der Waals surface area contributed by atoms with E-state index in [9.17, 15) is 0 Å². The summed E-state index contributed by atoms with van der Waals surface area (Å²) in [4.78, 5) is 0. The van der Waals surface area contributed by atoms with Gasteiger partial charge in [-0.1, -0.05) is 27.7 Å². The first-order valence-electron chi connectivity index (χ1n) is 3.56. The highest BCUT2D eigenvalue weighted by molar-refractivity contribution is 4.64. The van der Waals surface area contributed by atoms with E-state index in [1.165, 1.54) is 0 Å². The molecule has 0 amide bonds. The van der Waals surface area contributed by atoms with E-state index < -0.39 is 0 Å². The van der Waals surface area contributed by atoms with Crippen LogP contribution in [0.25, 0.3) is 0 Å². The summed E-state index contributed by atoms with van der Waals surface area (Å²) in [5.41, 5.74) is 0.363. The van der Waals surface area contributed by atoms with Crippen LogP contribution in [0.2, 0.25) is 0 Å². The fourth-order valence-corrected chi connectivity index (χ4v) is 1.11. The fourth-order valence-electron chi connectivity index (χ4n) is 1.11. The molecule has 56 valence electrons. The van der Waals surface area contributed by atoms with E-state index in [1.807, 2.05) is 0 Å². The van der Waals surface area contributed by atoms with Crippen LogP contribution in [0.15, 0.2) is 0 Å². The minimum atomic E-state index is 0.317. The van der Waals surface area contributed by atoms with E-state index in [-0.39, 0.29) is 0 Å². The van der Waals surface area contributed by atoms with Crippen LogP contribution in [0.1, 0.15) is 34.1 Å². The molecule has 0 saturated carbocycles. The lowest BCUT2D eigenvalue weighted by Gasteiger charge is -2.21. The van der Waals surface area contributed by atoms with Gasteiger partial charge in [-0.3, -0.25) is 0 Å². The van der Waals surface area contributed by atoms with Crippen LogP contribution in [-0.4, -0.2) is 11.7 Å². The molecule has 0 aliphatic heterocycles. The van der Waals surface area contributed by atoms with Crippen molar-refractivity contribution < 1.29 is 5.11 Å². The Morgan fingerprint density at radius 1 is 1.33 bits per heavy atom. The van der Waals surface area contributed by atoms with Crippen molar-refractivity contribution in [3.05, 3.63) is 0 Å². The molecule has 0 bridgehead atoms. The number of hydrogen-bond acceptors (Lipinski definition) is 1. The molecule has 0 spiro atoms. The zero-order chi connectivity index (χ0) is 7.49. The van der Waals surface area contributed by atoms with Crippen LogP contribution >= 0.6 is 0 Å². The second-order valence-corrected chi connectivity index (χ2v) is 4.05. The van der Waals surface area contributed by atoms with Crippen molar-refractivity contribution in [2.75, 3.05) is 6.61 Å². The van der Waals surface area contributed by atoms with E-state index in [4.69, 9.17) is 5.11 Å². The maximum atomic E-state index is 8.70. The first kappa shape index (κ1) is 8.96. The van der Waals surface area contributed by atoms with E-state index in [0.29, 0.717) is 17.9 Å². The van der Waals surface area contributed by atoms with Crippen molar-refractivity contribution in [2.45, 2.75) is 34.1 Å². The number of rotatable bonds is 2. The third-order valence-electron chi connectivity index (χ3n) is 1.27. The van der Waals surface area contributed by atoms with E-state index in [0.717, 1.165) is 6.42 Å². The van der Waals surface area contributed by atoms with Gasteiger partial charge in [0, 0.05) is 6.61 Å². The number of aliphatic hydroxyl groups is 1. The van der Waals surface area contributed by atoms with E-state index in [1.54, 1.807) is 0 Å². The lowest BCUT2D eigenvalue weighted by atomic mass is 9.86. The molecule has 0 aromatic heterocycles. The van der Waals surface area contributed by atoms with Crippen LogP contribution in [-0.2, 0) is 0 Å². The molecule has 0 aliphatic carbocycles. The van der Waals surface area contributed by atoms with Crippen molar-refractivity contribution in [1.82, 2.24) is 0 Å². The topological polar surface area (TPSA) is 20.2 Å². The third kappa shape index (κ3) is 5.84. The molecule has 0 heterocycles. The summed E-state index contributed by atoms with van der Waals surface area (Å²) in [5.74, 6) is 0.449. The van der Waals surface area contributed by atoms with Crippen LogP contribution in [0.4, 0.5) is 0 Å². The molecule has 0 aromatic carbocycles. The summed E-state index contributed by atoms with van der Waals surface area (Å²) < 4.78 is 0. The van der Waals surface area contributed by atoms with Crippen molar-refractivity contribution in [2.24, 2.45) is 11.3 Å². The van der Waals surface area contributed by atoms with Gasteiger partial charge in [-0.15, -0.1) is 0 Å². The minimum absolute atomic E-state index is 0.317. The Kier molecular flexibility index (Phi) is 3.20. The van der Waals surface area contributed by atoms with Gasteiger partial charge in [-0.25, -0.2) is 0 Å². The Hall–Kier alpha value is -0.0400. The maximum absolute atomic E-state index is 8.70. The summed E-state index contributed by atoms with van der Waals surface area (Å²) in [6.07, 6.45) is 1.10. The summed E-state index contributed by atoms with van der Waals surface area (Å²) in [6.45, 7) is 8.97. The van der Waals surface area contributed by atoms with Gasteiger partial charge in [0.25, 0.3) is 0 Å². The van der Waals surface area contributed by atoms with Crippen LogP contribution < -0.4 is 0 Å². The molecule has 0 radical (unpaired) electrons. The molecule has 1 nitrogen and oxygen atoms in total. The molecule has 0 unspecified atom stereocenters. The van der Waals surface area contributed by atoms with Crippen LogP contribution in [0.3, 0.4) is 0 Å². The monoisotopic (exact) mass is 130 g/mol. The Morgan fingerprint density at radius 2 is 1.78 bits per heavy atom. The van der Waals surface area contributed by atoms with Crippen molar-refractivity contribution >= 4 is 0 Å². The maximum Gasteiger partial charge on any atom is 0.0456 e. The van der Waals surface area contributed by atoms with Crippen LogP contribution in [0, 0.1) is 11.3 Å². The Balaban J connectivity index is 3.47. The smallest absolute Gasteiger partial charge is 0.0456 e. The molecule has 0 aromatic rings. The molecule has 1 atom stereocenters. The lowest BCUT2D eigenvalue weighted by molar-refractivity contribution is 0.191. The molecule has 0 saturated heterocycles. The first-order chi connectivity index (χ1) is 3.95. The molecule has 0 fully saturated rings. The fraction of sp³-hybridized carbons (Fsp3) is 1.00. The Morgan fingerprint density at radius 3 is 1.89 bits per heavy atom. The first-order valence-corrected chi connectivity index (χ1v) is 3.56. The number of aliphatic hydroxyl groups excluding tert-OH is 1. The third-order valence-corrected chi connectivity index (χ3v) is 1.27. The molecular weight excluding hydrogens is 112 g/mol. The predicted molar refractivity (Wildman–Crippen MR) is 40.3 cm³/mol. The number of hydrogen-bond donors (Lipinski definition) is 1. The molecule has 0 aliphatic rings. The highest BCUT2D eigenvalue weighted by Gasteiger charge is 2.13. The average Bonchev–Trinajstić information content (AvgIpc) is 1.62. The minimum Gasteiger partial charge on any atom is -0.396 e. The molecule has 9 heavy (non-hydrogen) atoms. The standard InChI is InChI=1S/C8H18O/c1-7(6-9)5-8(2,3)4/h7,9H,5-6H2,1-4H3/t7-/m1/s1. The van der Waals surface area contributed by atoms with Crippen LogP contribution in [0.5, 0.6) is 0 Å². The lowest BCUT2D eigenvalue weighted by Crippen LogP contribution is -2.13. The van der Waals surface area contributed by atoms with E-state index >= 15 is 0 Å². The van der Waals surface area contributed by atoms with Gasteiger partial charge in [0.2, 0.25) is 0 Å². The Bertz CT molecular complexity index is 71.1. The van der Waals surface area contributed by atoms with E-state index in [2.05, 4.69) is 27.7 Å². The second-order valence-electron chi connectivity index (χ2n) is 4.05. The highest BCUT2D eigenvalue weighted by Crippen LogP contribution is 2.23. The van der Waals surface area contributed by atoms with Gasteiger partial charge >= 0.3 is 0 Å². The molecule has 1 heteroatoms. The summed E-state index contributed by atoms with van der Waals surface area (Å²) in [5, 5.41) is 8.70. The zero-order valence-corrected chi connectivity index (χ0v) is 6.94. The summed E-state index contributed by atoms with van der Waals surface area (Å²) in [7, 11) is 0. The zero-order valence-electron chi connectivity index (χ0n) is 6.94. The molecular formula is C8H18O. The predicted octanol–water partition coefficient (Wildman–Crippen LogP) is 2.05. The van der Waals surface area contributed by atoms with Crippen molar-refractivity contribution in [1.29, 1.82) is 0 Å². The molecule has 1 N–H and O–H groups in total. The second kappa shape index (κ2) is 3.21. The summed E-state index contributed by atoms with van der Waals surface area (Å²) in [6, 6.07) is 0. The van der Waals surface area contributed by atoms with Gasteiger partial charge < -0.3 is 5.11 Å². The Labute approximate surface area is 58.1 Å². The molecule has 0 rings (SSSR count). The quantitative estimate of drug-likeness (QED) is 0.606. The SMILES string of the molecule is C[C@@H](CO)CC(C)(C)C. The summed E-state index contributed by atoms with van der Waals surface area (Å²) >= 11 is 0. The van der Waals surface area contributed by atoms with Gasteiger partial charge in [0.15, 0.2) is 0 Å². The normalized spacial score (nSPS) is 15.7.